The van der Waals surface area contributed by atoms with Gasteiger partial charge in [0.05, 0.1) is 11.5 Å². The fraction of sp³-hybridized carbons (Fsp3) is 0.857. The third-order valence-corrected chi connectivity index (χ3v) is 4.56. The lowest BCUT2D eigenvalue weighted by Crippen LogP contribution is -2.42. The van der Waals surface area contributed by atoms with E-state index < -0.39 is 11.4 Å². The number of carboxylic acids is 1. The van der Waals surface area contributed by atoms with E-state index in [-0.39, 0.29) is 18.4 Å². The summed E-state index contributed by atoms with van der Waals surface area (Å²) in [7, 11) is 0. The molecule has 0 atom stereocenters. The highest BCUT2D eigenvalue weighted by Gasteiger charge is 2.41. The van der Waals surface area contributed by atoms with Crippen molar-refractivity contribution in [2.24, 2.45) is 11.3 Å². The molecule has 0 saturated heterocycles. The summed E-state index contributed by atoms with van der Waals surface area (Å²) in [5.74, 6) is -0.641. The zero-order chi connectivity index (χ0) is 13.9. The summed E-state index contributed by atoms with van der Waals surface area (Å²) in [5, 5.41) is 21.4. The summed E-state index contributed by atoms with van der Waals surface area (Å²) >= 11 is 0. The van der Waals surface area contributed by atoms with Crippen molar-refractivity contribution in [2.75, 3.05) is 6.54 Å². The molecule has 5 nitrogen and oxygen atoms in total. The summed E-state index contributed by atoms with van der Waals surface area (Å²) in [6.45, 7) is 0.561. The molecule has 2 fully saturated rings. The van der Waals surface area contributed by atoms with Crippen molar-refractivity contribution in [1.82, 2.24) is 5.32 Å². The number of carbonyl (C=O) groups is 2. The molecular formula is C14H23NO4. The molecule has 0 unspecified atom stereocenters. The van der Waals surface area contributed by atoms with Crippen molar-refractivity contribution in [3.63, 3.8) is 0 Å². The fourth-order valence-corrected chi connectivity index (χ4v) is 3.19. The molecule has 3 N–H and O–H groups in total. The van der Waals surface area contributed by atoms with Gasteiger partial charge >= 0.3 is 5.97 Å². The average Bonchev–Trinajstić information content (AvgIpc) is 2.34. The van der Waals surface area contributed by atoms with E-state index in [0.29, 0.717) is 25.3 Å². The second-order valence-electron chi connectivity index (χ2n) is 6.12. The van der Waals surface area contributed by atoms with Gasteiger partial charge < -0.3 is 15.5 Å². The minimum Gasteiger partial charge on any atom is -0.481 e. The summed E-state index contributed by atoms with van der Waals surface area (Å²) in [5.41, 5.74) is -0.846. The largest absolute Gasteiger partial charge is 0.481 e. The highest BCUT2D eigenvalue weighted by molar-refractivity contribution is 5.85. The van der Waals surface area contributed by atoms with Crippen LogP contribution in [0.1, 0.15) is 51.4 Å². The number of amides is 1. The number of hydrogen-bond acceptors (Lipinski definition) is 3. The third kappa shape index (κ3) is 3.47. The van der Waals surface area contributed by atoms with Gasteiger partial charge in [0, 0.05) is 13.0 Å². The molecule has 1 amide bonds. The SMILES string of the molecule is O=C(CC1(C(=O)O)CCCCC1)NCC1CC(O)C1. The minimum atomic E-state index is -0.846. The number of rotatable bonds is 5. The van der Waals surface area contributed by atoms with E-state index in [2.05, 4.69) is 5.32 Å². The molecule has 0 aromatic heterocycles. The lowest BCUT2D eigenvalue weighted by Gasteiger charge is -2.34. The maximum atomic E-state index is 11.9. The van der Waals surface area contributed by atoms with Crippen LogP contribution in [0.5, 0.6) is 0 Å². The van der Waals surface area contributed by atoms with Crippen molar-refractivity contribution in [2.45, 2.75) is 57.5 Å². The normalized spacial score (nSPS) is 29.3. The van der Waals surface area contributed by atoms with Crippen LogP contribution in [0.2, 0.25) is 0 Å². The first-order valence-corrected chi connectivity index (χ1v) is 7.20. The Balaban J connectivity index is 1.80. The standard InChI is InChI=1S/C14H23NO4/c16-11-6-10(7-11)9-15-12(17)8-14(13(18)19)4-2-1-3-5-14/h10-11,16H,1-9H2,(H,15,17)(H,18,19). The number of aliphatic hydroxyl groups is 1. The lowest BCUT2D eigenvalue weighted by atomic mass is 9.71. The van der Waals surface area contributed by atoms with Gasteiger partial charge in [-0.3, -0.25) is 9.59 Å². The Morgan fingerprint density at radius 3 is 2.32 bits per heavy atom. The lowest BCUT2D eigenvalue weighted by molar-refractivity contribution is -0.154. The summed E-state index contributed by atoms with van der Waals surface area (Å²) in [6.07, 6.45) is 5.44. The zero-order valence-corrected chi connectivity index (χ0v) is 11.2. The predicted molar refractivity (Wildman–Crippen MR) is 69.5 cm³/mol. The minimum absolute atomic E-state index is 0.0948. The Bertz CT molecular complexity index is 343. The molecule has 108 valence electrons. The van der Waals surface area contributed by atoms with Gasteiger partial charge in [0.25, 0.3) is 0 Å². The van der Waals surface area contributed by atoms with Gasteiger partial charge in [-0.15, -0.1) is 0 Å². The summed E-state index contributed by atoms with van der Waals surface area (Å²) in [6, 6.07) is 0. The Labute approximate surface area is 113 Å². The van der Waals surface area contributed by atoms with E-state index in [1.807, 2.05) is 0 Å². The molecule has 19 heavy (non-hydrogen) atoms. The van der Waals surface area contributed by atoms with E-state index in [1.165, 1.54) is 0 Å². The van der Waals surface area contributed by atoms with Gasteiger partial charge in [-0.25, -0.2) is 0 Å². The van der Waals surface area contributed by atoms with Gasteiger partial charge in [-0.05, 0) is 31.6 Å². The van der Waals surface area contributed by atoms with Gasteiger partial charge in [0.15, 0.2) is 0 Å². The van der Waals surface area contributed by atoms with E-state index >= 15 is 0 Å². The maximum Gasteiger partial charge on any atom is 0.310 e. The van der Waals surface area contributed by atoms with Gasteiger partial charge in [0.1, 0.15) is 0 Å². The molecule has 0 radical (unpaired) electrons. The van der Waals surface area contributed by atoms with Crippen molar-refractivity contribution < 1.29 is 19.8 Å². The van der Waals surface area contributed by atoms with Gasteiger partial charge in [-0.1, -0.05) is 19.3 Å². The van der Waals surface area contributed by atoms with Crippen molar-refractivity contribution in [3.8, 4) is 0 Å². The Kier molecular flexibility index (Phi) is 4.45. The summed E-state index contributed by atoms with van der Waals surface area (Å²) in [4.78, 5) is 23.4. The zero-order valence-electron chi connectivity index (χ0n) is 11.2. The molecule has 0 heterocycles. The first-order valence-electron chi connectivity index (χ1n) is 7.20. The molecule has 0 spiro atoms. The molecule has 2 aliphatic rings. The van der Waals surface area contributed by atoms with Crippen LogP contribution < -0.4 is 5.32 Å². The van der Waals surface area contributed by atoms with Crippen LogP contribution in [-0.4, -0.2) is 34.7 Å². The molecule has 0 bridgehead atoms. The molecule has 2 saturated carbocycles. The van der Waals surface area contributed by atoms with Crippen LogP contribution >= 0.6 is 0 Å². The number of hydrogen-bond donors (Lipinski definition) is 3. The quantitative estimate of drug-likeness (QED) is 0.702. The van der Waals surface area contributed by atoms with Gasteiger partial charge in [-0.2, -0.15) is 0 Å². The first-order chi connectivity index (χ1) is 9.02. The van der Waals surface area contributed by atoms with Gasteiger partial charge in [0.2, 0.25) is 5.91 Å². The molecule has 2 aliphatic carbocycles. The van der Waals surface area contributed by atoms with Crippen LogP contribution in [0.3, 0.4) is 0 Å². The molecule has 5 heteroatoms. The monoisotopic (exact) mass is 269 g/mol. The predicted octanol–water partition coefficient (Wildman–Crippen LogP) is 1.30. The number of carbonyl (C=O) groups excluding carboxylic acids is 1. The Morgan fingerprint density at radius 2 is 1.79 bits per heavy atom. The average molecular weight is 269 g/mol. The van der Waals surface area contributed by atoms with E-state index in [4.69, 9.17) is 5.11 Å². The Morgan fingerprint density at radius 1 is 1.16 bits per heavy atom. The number of aliphatic carboxylic acids is 1. The van der Waals surface area contributed by atoms with Crippen LogP contribution in [0.25, 0.3) is 0 Å². The molecule has 2 rings (SSSR count). The number of carboxylic acid groups (broad SMARTS) is 1. The van der Waals surface area contributed by atoms with Crippen molar-refractivity contribution in [1.29, 1.82) is 0 Å². The fourth-order valence-electron chi connectivity index (χ4n) is 3.19. The highest BCUT2D eigenvalue weighted by Crippen LogP contribution is 2.39. The van der Waals surface area contributed by atoms with E-state index in [1.54, 1.807) is 0 Å². The highest BCUT2D eigenvalue weighted by atomic mass is 16.4. The second kappa shape index (κ2) is 5.90. The molecule has 0 aliphatic heterocycles. The van der Waals surface area contributed by atoms with Crippen LogP contribution in [-0.2, 0) is 9.59 Å². The topological polar surface area (TPSA) is 86.6 Å². The van der Waals surface area contributed by atoms with Crippen LogP contribution in [0.15, 0.2) is 0 Å². The summed E-state index contributed by atoms with van der Waals surface area (Å²) < 4.78 is 0. The van der Waals surface area contributed by atoms with Crippen LogP contribution in [0, 0.1) is 11.3 Å². The third-order valence-electron chi connectivity index (χ3n) is 4.56. The smallest absolute Gasteiger partial charge is 0.310 e. The van der Waals surface area contributed by atoms with E-state index in [0.717, 1.165) is 32.1 Å². The molecule has 0 aromatic carbocycles. The van der Waals surface area contributed by atoms with Crippen molar-refractivity contribution in [3.05, 3.63) is 0 Å². The molecule has 0 aromatic rings. The number of nitrogens with one attached hydrogen (secondary N) is 1. The Hall–Kier alpha value is -1.10. The maximum absolute atomic E-state index is 11.9. The first kappa shape index (κ1) is 14.3. The second-order valence-corrected chi connectivity index (χ2v) is 6.12. The van der Waals surface area contributed by atoms with Crippen molar-refractivity contribution >= 4 is 11.9 Å². The molecular weight excluding hydrogens is 246 g/mol. The van der Waals surface area contributed by atoms with E-state index in [9.17, 15) is 14.7 Å². The number of aliphatic hydroxyl groups excluding tert-OH is 1. The van der Waals surface area contributed by atoms with Crippen LogP contribution in [0.4, 0.5) is 0 Å².